The monoisotopic (exact) mass is 342 g/mol. The molecule has 6 nitrogen and oxygen atoms in total. The Morgan fingerprint density at radius 1 is 1.12 bits per heavy atom. The first-order valence-corrected chi connectivity index (χ1v) is 7.85. The fourth-order valence-corrected chi connectivity index (χ4v) is 2.24. The zero-order valence-electron chi connectivity index (χ0n) is 14.6. The fourth-order valence-electron chi connectivity index (χ4n) is 2.24. The van der Waals surface area contributed by atoms with Crippen LogP contribution in [0.2, 0.25) is 0 Å². The van der Waals surface area contributed by atoms with Crippen molar-refractivity contribution in [2.45, 2.75) is 13.0 Å². The molecule has 0 heterocycles. The lowest BCUT2D eigenvalue weighted by molar-refractivity contribution is -0.126. The first kappa shape index (κ1) is 18.3. The van der Waals surface area contributed by atoms with Crippen LogP contribution in [-0.2, 0) is 9.63 Å². The summed E-state index contributed by atoms with van der Waals surface area (Å²) in [5.74, 6) is 0.997. The smallest absolute Gasteiger partial charge is 0.261 e. The van der Waals surface area contributed by atoms with Crippen molar-refractivity contribution in [3.8, 4) is 11.5 Å². The average Bonchev–Trinajstić information content (AvgIpc) is 2.65. The highest BCUT2D eigenvalue weighted by molar-refractivity contribution is 5.81. The highest BCUT2D eigenvalue weighted by atomic mass is 16.6. The van der Waals surface area contributed by atoms with Crippen LogP contribution in [-0.4, -0.2) is 32.9 Å². The number of oxime groups is 1. The van der Waals surface area contributed by atoms with Gasteiger partial charge in [0.2, 0.25) is 0 Å². The van der Waals surface area contributed by atoms with Gasteiger partial charge in [-0.2, -0.15) is 0 Å². The summed E-state index contributed by atoms with van der Waals surface area (Å²) in [6.07, 6.45) is 1.51. The van der Waals surface area contributed by atoms with Gasteiger partial charge in [0, 0.05) is 5.56 Å². The number of hydrogen-bond acceptors (Lipinski definition) is 5. The molecule has 0 aromatic heterocycles. The summed E-state index contributed by atoms with van der Waals surface area (Å²) < 4.78 is 10.4. The lowest BCUT2D eigenvalue weighted by Gasteiger charge is -2.13. The van der Waals surface area contributed by atoms with E-state index in [2.05, 4.69) is 10.5 Å². The Morgan fingerprint density at radius 3 is 2.52 bits per heavy atom. The van der Waals surface area contributed by atoms with E-state index < -0.39 is 0 Å². The number of carbonyl (C=O) groups excluding carboxylic acids is 1. The third-order valence-corrected chi connectivity index (χ3v) is 3.56. The number of hydrogen-bond donors (Lipinski definition) is 1. The second-order valence-corrected chi connectivity index (χ2v) is 5.32. The predicted octanol–water partition coefficient (Wildman–Crippen LogP) is 2.93. The number of nitrogens with one attached hydrogen (secondary N) is 1. The maximum atomic E-state index is 11.9. The SMILES string of the molecule is COc1ccc(/C=N\OCC(=O)N[C@@H](C)c2ccccc2)cc1OC. The molecule has 25 heavy (non-hydrogen) atoms. The molecular weight excluding hydrogens is 320 g/mol. The summed E-state index contributed by atoms with van der Waals surface area (Å²) in [6, 6.07) is 15.0. The van der Waals surface area contributed by atoms with Crippen LogP contribution in [0.25, 0.3) is 0 Å². The molecule has 0 unspecified atom stereocenters. The first-order valence-electron chi connectivity index (χ1n) is 7.85. The van der Waals surface area contributed by atoms with E-state index in [0.717, 1.165) is 11.1 Å². The van der Waals surface area contributed by atoms with Crippen molar-refractivity contribution in [1.29, 1.82) is 0 Å². The molecule has 0 spiro atoms. The van der Waals surface area contributed by atoms with Gasteiger partial charge in [0.15, 0.2) is 18.1 Å². The van der Waals surface area contributed by atoms with Crippen molar-refractivity contribution in [1.82, 2.24) is 5.32 Å². The minimum absolute atomic E-state index is 0.0906. The molecule has 0 saturated heterocycles. The third kappa shape index (κ3) is 5.53. The van der Waals surface area contributed by atoms with Crippen molar-refractivity contribution in [3.63, 3.8) is 0 Å². The highest BCUT2D eigenvalue weighted by Crippen LogP contribution is 2.26. The molecule has 1 N–H and O–H groups in total. The van der Waals surface area contributed by atoms with Crippen LogP contribution in [0.5, 0.6) is 11.5 Å². The normalized spacial score (nSPS) is 11.8. The second-order valence-electron chi connectivity index (χ2n) is 5.32. The number of nitrogens with zero attached hydrogens (tertiary/aromatic N) is 1. The van der Waals surface area contributed by atoms with Gasteiger partial charge in [-0.1, -0.05) is 35.5 Å². The molecule has 0 aliphatic rings. The Morgan fingerprint density at radius 2 is 1.84 bits per heavy atom. The summed E-state index contributed by atoms with van der Waals surface area (Å²) in [7, 11) is 3.14. The summed E-state index contributed by atoms with van der Waals surface area (Å²) >= 11 is 0. The van der Waals surface area contributed by atoms with Gasteiger partial charge in [0.1, 0.15) is 0 Å². The molecule has 1 amide bonds. The van der Waals surface area contributed by atoms with Gasteiger partial charge < -0.3 is 19.6 Å². The quantitative estimate of drug-likeness (QED) is 0.591. The molecule has 1 atom stereocenters. The number of ether oxygens (including phenoxy) is 2. The maximum absolute atomic E-state index is 11.9. The molecule has 2 rings (SSSR count). The molecule has 0 fully saturated rings. The average molecular weight is 342 g/mol. The van der Waals surface area contributed by atoms with E-state index in [1.165, 1.54) is 6.21 Å². The Hall–Kier alpha value is -3.02. The van der Waals surface area contributed by atoms with Crippen molar-refractivity contribution in [3.05, 3.63) is 59.7 Å². The minimum atomic E-state index is -0.235. The van der Waals surface area contributed by atoms with Gasteiger partial charge in [0.05, 0.1) is 26.5 Å². The summed E-state index contributed by atoms with van der Waals surface area (Å²) in [4.78, 5) is 16.9. The van der Waals surface area contributed by atoms with E-state index >= 15 is 0 Å². The standard InChI is InChI=1S/C19H22N2O4/c1-14(16-7-5-4-6-8-16)21-19(22)13-25-20-12-15-9-10-17(23-2)18(11-15)24-3/h4-12,14H,13H2,1-3H3,(H,21,22)/b20-12-/t14-/m0/s1. The summed E-state index contributed by atoms with van der Waals surface area (Å²) in [6.45, 7) is 1.76. The number of methoxy groups -OCH3 is 2. The number of carbonyl (C=O) groups is 1. The third-order valence-electron chi connectivity index (χ3n) is 3.56. The van der Waals surface area contributed by atoms with E-state index in [-0.39, 0.29) is 18.6 Å². The molecule has 6 heteroatoms. The fraction of sp³-hybridized carbons (Fsp3) is 0.263. The molecule has 0 aliphatic carbocycles. The van der Waals surface area contributed by atoms with E-state index in [1.54, 1.807) is 26.4 Å². The van der Waals surface area contributed by atoms with Crippen molar-refractivity contribution in [2.75, 3.05) is 20.8 Å². The van der Waals surface area contributed by atoms with Gasteiger partial charge >= 0.3 is 0 Å². The minimum Gasteiger partial charge on any atom is -0.493 e. The van der Waals surface area contributed by atoms with Crippen LogP contribution in [0, 0.1) is 0 Å². The predicted molar refractivity (Wildman–Crippen MR) is 96.1 cm³/mol. The van der Waals surface area contributed by atoms with Crippen molar-refractivity contribution < 1.29 is 19.1 Å². The van der Waals surface area contributed by atoms with Crippen LogP contribution >= 0.6 is 0 Å². The maximum Gasteiger partial charge on any atom is 0.261 e. The molecule has 132 valence electrons. The molecule has 2 aromatic carbocycles. The molecule has 0 radical (unpaired) electrons. The molecule has 0 saturated carbocycles. The van der Waals surface area contributed by atoms with Crippen molar-refractivity contribution >= 4 is 12.1 Å². The van der Waals surface area contributed by atoms with Gasteiger partial charge in [-0.15, -0.1) is 0 Å². The van der Waals surface area contributed by atoms with Crippen LogP contribution in [0.15, 0.2) is 53.7 Å². The summed E-state index contributed by atoms with van der Waals surface area (Å²) in [5, 5.41) is 6.66. The first-order chi connectivity index (χ1) is 12.1. The van der Waals surface area contributed by atoms with Crippen LogP contribution in [0.4, 0.5) is 0 Å². The highest BCUT2D eigenvalue weighted by Gasteiger charge is 2.09. The Balaban J connectivity index is 1.81. The largest absolute Gasteiger partial charge is 0.493 e. The van der Waals surface area contributed by atoms with Gasteiger partial charge in [-0.05, 0) is 30.7 Å². The van der Waals surface area contributed by atoms with Crippen molar-refractivity contribution in [2.24, 2.45) is 5.16 Å². The van der Waals surface area contributed by atoms with Crippen LogP contribution in [0.1, 0.15) is 24.1 Å². The zero-order chi connectivity index (χ0) is 18.1. The molecule has 0 aliphatic heterocycles. The number of amides is 1. The molecule has 0 bridgehead atoms. The van der Waals surface area contributed by atoms with Gasteiger partial charge in [-0.3, -0.25) is 4.79 Å². The Bertz CT molecular complexity index is 717. The molecule has 2 aromatic rings. The summed E-state index contributed by atoms with van der Waals surface area (Å²) in [5.41, 5.74) is 1.81. The van der Waals surface area contributed by atoms with Gasteiger partial charge in [0.25, 0.3) is 5.91 Å². The number of benzene rings is 2. The Labute approximate surface area is 147 Å². The topological polar surface area (TPSA) is 69.2 Å². The Kier molecular flexibility index (Phi) is 6.83. The van der Waals surface area contributed by atoms with E-state index in [0.29, 0.717) is 11.5 Å². The molecular formula is C19H22N2O4. The zero-order valence-corrected chi connectivity index (χ0v) is 14.6. The van der Waals surface area contributed by atoms with E-state index in [9.17, 15) is 4.79 Å². The van der Waals surface area contributed by atoms with Crippen LogP contribution in [0.3, 0.4) is 0 Å². The van der Waals surface area contributed by atoms with Crippen LogP contribution < -0.4 is 14.8 Å². The second kappa shape index (κ2) is 9.32. The lowest BCUT2D eigenvalue weighted by Crippen LogP contribution is -2.29. The van der Waals surface area contributed by atoms with E-state index in [1.807, 2.05) is 43.3 Å². The lowest BCUT2D eigenvalue weighted by atomic mass is 10.1. The van der Waals surface area contributed by atoms with E-state index in [4.69, 9.17) is 14.3 Å². The number of rotatable bonds is 8. The van der Waals surface area contributed by atoms with Gasteiger partial charge in [-0.25, -0.2) is 0 Å².